The molecule has 2 aromatic heterocycles. The third-order valence-corrected chi connectivity index (χ3v) is 4.98. The molecule has 1 amide bonds. The van der Waals surface area contributed by atoms with Gasteiger partial charge in [0.05, 0.1) is 25.0 Å². The number of benzene rings is 1. The molecule has 0 radical (unpaired) electrons. The molecule has 1 aromatic carbocycles. The molecular formula is C21H19F3N4O2S. The van der Waals surface area contributed by atoms with Gasteiger partial charge in [0.2, 0.25) is 5.91 Å². The number of nitrogens with one attached hydrogen (secondary N) is 1. The summed E-state index contributed by atoms with van der Waals surface area (Å²) in [5.74, 6) is 0.581. The van der Waals surface area contributed by atoms with Crippen molar-refractivity contribution in [2.24, 2.45) is 0 Å². The second kappa shape index (κ2) is 10.3. The molecule has 162 valence electrons. The second-order valence-electron chi connectivity index (χ2n) is 6.34. The number of alkyl halides is 3. The van der Waals surface area contributed by atoms with Gasteiger partial charge < -0.3 is 10.1 Å². The largest absolute Gasteiger partial charge is 0.497 e. The fourth-order valence-electron chi connectivity index (χ4n) is 2.56. The van der Waals surface area contributed by atoms with E-state index in [4.69, 9.17) is 4.74 Å². The van der Waals surface area contributed by atoms with Gasteiger partial charge in [-0.15, -0.1) is 0 Å². The third kappa shape index (κ3) is 6.68. The molecule has 0 aliphatic rings. The maximum absolute atomic E-state index is 13.3. The Morgan fingerprint density at radius 3 is 2.55 bits per heavy atom. The molecule has 0 saturated heterocycles. The van der Waals surface area contributed by atoms with Gasteiger partial charge in [-0.05, 0) is 42.5 Å². The molecular weight excluding hydrogens is 429 g/mol. The zero-order valence-electron chi connectivity index (χ0n) is 16.5. The number of carbonyl (C=O) groups is 1. The Morgan fingerprint density at radius 1 is 1.13 bits per heavy atom. The molecule has 0 fully saturated rings. The van der Waals surface area contributed by atoms with Crippen molar-refractivity contribution >= 4 is 17.7 Å². The molecule has 0 bridgehead atoms. The van der Waals surface area contributed by atoms with E-state index in [1.54, 1.807) is 42.6 Å². The van der Waals surface area contributed by atoms with Crippen molar-refractivity contribution < 1.29 is 22.7 Å². The summed E-state index contributed by atoms with van der Waals surface area (Å²) in [5, 5.41) is 2.68. The predicted octanol–water partition coefficient (Wildman–Crippen LogP) is 4.36. The van der Waals surface area contributed by atoms with Crippen molar-refractivity contribution in [1.29, 1.82) is 0 Å². The highest BCUT2D eigenvalue weighted by Gasteiger charge is 2.33. The zero-order valence-corrected chi connectivity index (χ0v) is 17.3. The van der Waals surface area contributed by atoms with Gasteiger partial charge in [-0.25, -0.2) is 9.97 Å². The Balaban J connectivity index is 1.66. The number of methoxy groups -OCH3 is 1. The van der Waals surface area contributed by atoms with E-state index in [1.165, 1.54) is 7.11 Å². The summed E-state index contributed by atoms with van der Waals surface area (Å²) in [4.78, 5) is 24.0. The number of rotatable bonds is 8. The van der Waals surface area contributed by atoms with E-state index in [-0.39, 0.29) is 35.5 Å². The summed E-state index contributed by atoms with van der Waals surface area (Å²) in [6, 6.07) is 12.8. The SMILES string of the molecule is COc1ccc(-c2cc(C(F)(F)F)nc(SCCC(=O)NCc3ccccn3)n2)cc1. The second-order valence-corrected chi connectivity index (χ2v) is 7.41. The van der Waals surface area contributed by atoms with Crippen LogP contribution in [0.4, 0.5) is 13.2 Å². The maximum atomic E-state index is 13.3. The highest BCUT2D eigenvalue weighted by atomic mass is 32.2. The first kappa shape index (κ1) is 22.5. The van der Waals surface area contributed by atoms with Gasteiger partial charge in [0.1, 0.15) is 11.4 Å². The number of nitrogens with zero attached hydrogens (tertiary/aromatic N) is 3. The molecule has 1 N–H and O–H groups in total. The molecule has 0 spiro atoms. The van der Waals surface area contributed by atoms with Crippen LogP contribution in [-0.4, -0.2) is 33.7 Å². The van der Waals surface area contributed by atoms with Crippen molar-refractivity contribution in [2.75, 3.05) is 12.9 Å². The van der Waals surface area contributed by atoms with Crippen molar-refractivity contribution in [1.82, 2.24) is 20.3 Å². The Bertz CT molecular complexity index is 1020. The van der Waals surface area contributed by atoms with Gasteiger partial charge >= 0.3 is 6.18 Å². The molecule has 10 heteroatoms. The minimum absolute atomic E-state index is 0.0434. The van der Waals surface area contributed by atoms with E-state index in [9.17, 15) is 18.0 Å². The van der Waals surface area contributed by atoms with E-state index in [2.05, 4.69) is 20.3 Å². The van der Waals surface area contributed by atoms with E-state index < -0.39 is 11.9 Å². The first-order chi connectivity index (χ1) is 14.8. The number of hydrogen-bond acceptors (Lipinski definition) is 6. The van der Waals surface area contributed by atoms with E-state index in [0.29, 0.717) is 17.0 Å². The first-order valence-corrected chi connectivity index (χ1v) is 10.2. The Kier molecular flexibility index (Phi) is 7.45. The number of aromatic nitrogens is 3. The normalized spacial score (nSPS) is 11.2. The number of halogens is 3. The van der Waals surface area contributed by atoms with Gasteiger partial charge in [0.15, 0.2) is 5.16 Å². The molecule has 2 heterocycles. The van der Waals surface area contributed by atoms with Crippen molar-refractivity contribution in [3.8, 4) is 17.0 Å². The fourth-order valence-corrected chi connectivity index (χ4v) is 3.36. The lowest BCUT2D eigenvalue weighted by atomic mass is 10.1. The monoisotopic (exact) mass is 448 g/mol. The number of thioether (sulfide) groups is 1. The average molecular weight is 448 g/mol. The fraction of sp³-hybridized carbons (Fsp3) is 0.238. The molecule has 0 atom stereocenters. The zero-order chi connectivity index (χ0) is 22.3. The van der Waals surface area contributed by atoms with Crippen molar-refractivity contribution in [2.45, 2.75) is 24.3 Å². The average Bonchev–Trinajstić information content (AvgIpc) is 2.78. The van der Waals surface area contributed by atoms with Gasteiger partial charge in [0.25, 0.3) is 0 Å². The quantitative estimate of drug-likeness (QED) is 0.408. The summed E-state index contributed by atoms with van der Waals surface area (Å²) in [6.45, 7) is 0.284. The van der Waals surface area contributed by atoms with Crippen molar-refractivity contribution in [3.63, 3.8) is 0 Å². The lowest BCUT2D eigenvalue weighted by molar-refractivity contribution is -0.141. The number of amides is 1. The number of ether oxygens (including phenoxy) is 1. The van der Waals surface area contributed by atoms with Crippen LogP contribution in [0, 0.1) is 0 Å². The molecule has 6 nitrogen and oxygen atoms in total. The predicted molar refractivity (Wildman–Crippen MR) is 110 cm³/mol. The van der Waals surface area contributed by atoms with Crippen molar-refractivity contribution in [3.05, 3.63) is 66.1 Å². The number of hydrogen-bond donors (Lipinski definition) is 1. The molecule has 0 aliphatic carbocycles. The van der Waals surface area contributed by atoms with Gasteiger partial charge in [-0.3, -0.25) is 9.78 Å². The summed E-state index contributed by atoms with van der Waals surface area (Å²) in [5.41, 5.74) is 0.333. The minimum Gasteiger partial charge on any atom is -0.497 e. The highest BCUT2D eigenvalue weighted by Crippen LogP contribution is 2.32. The van der Waals surface area contributed by atoms with Gasteiger partial charge in [0, 0.05) is 23.9 Å². The van der Waals surface area contributed by atoms with Crippen LogP contribution in [0.25, 0.3) is 11.3 Å². The Morgan fingerprint density at radius 2 is 1.90 bits per heavy atom. The smallest absolute Gasteiger partial charge is 0.433 e. The van der Waals surface area contributed by atoms with Crippen LogP contribution in [0.15, 0.2) is 59.9 Å². The van der Waals surface area contributed by atoms with Crippen LogP contribution in [0.3, 0.4) is 0 Å². The number of pyridine rings is 1. The Labute approximate surface area is 181 Å². The van der Waals surface area contributed by atoms with Crippen LogP contribution in [0.2, 0.25) is 0 Å². The topological polar surface area (TPSA) is 77.0 Å². The van der Waals surface area contributed by atoms with Crippen LogP contribution >= 0.6 is 11.8 Å². The molecule has 0 saturated carbocycles. The first-order valence-electron chi connectivity index (χ1n) is 9.25. The van der Waals surface area contributed by atoms with E-state index in [1.807, 2.05) is 6.07 Å². The van der Waals surface area contributed by atoms with E-state index >= 15 is 0 Å². The summed E-state index contributed by atoms with van der Waals surface area (Å²) < 4.78 is 45.0. The molecule has 3 rings (SSSR count). The van der Waals surface area contributed by atoms with Gasteiger partial charge in [-0.2, -0.15) is 13.2 Å². The maximum Gasteiger partial charge on any atom is 0.433 e. The van der Waals surface area contributed by atoms with Crippen LogP contribution in [-0.2, 0) is 17.5 Å². The van der Waals surface area contributed by atoms with Crippen LogP contribution in [0.5, 0.6) is 5.75 Å². The van der Waals surface area contributed by atoms with Crippen LogP contribution < -0.4 is 10.1 Å². The van der Waals surface area contributed by atoms with Gasteiger partial charge in [-0.1, -0.05) is 17.8 Å². The summed E-state index contributed by atoms with van der Waals surface area (Å²) >= 11 is 0.994. The summed E-state index contributed by atoms with van der Waals surface area (Å²) in [6.07, 6.45) is -2.88. The third-order valence-electron chi connectivity index (χ3n) is 4.13. The molecule has 3 aromatic rings. The standard InChI is InChI=1S/C21H19F3N4O2S/c1-30-16-7-5-14(6-8-16)17-12-18(21(22,23)24)28-20(27-17)31-11-9-19(29)26-13-15-4-2-3-10-25-15/h2-8,10,12H,9,11,13H2,1H3,(H,26,29). The highest BCUT2D eigenvalue weighted by molar-refractivity contribution is 7.99. The van der Waals surface area contributed by atoms with E-state index in [0.717, 1.165) is 17.8 Å². The molecule has 0 unspecified atom stereocenters. The Hall–Kier alpha value is -3.14. The number of carbonyl (C=O) groups excluding carboxylic acids is 1. The lowest BCUT2D eigenvalue weighted by Gasteiger charge is -2.11. The lowest BCUT2D eigenvalue weighted by Crippen LogP contribution is -2.23. The van der Waals surface area contributed by atoms with Crippen LogP contribution in [0.1, 0.15) is 17.8 Å². The summed E-state index contributed by atoms with van der Waals surface area (Å²) in [7, 11) is 1.50. The molecule has 31 heavy (non-hydrogen) atoms. The molecule has 0 aliphatic heterocycles. The minimum atomic E-state index is -4.61.